The van der Waals surface area contributed by atoms with Crippen molar-refractivity contribution in [2.45, 2.75) is 32.0 Å². The Hall–Kier alpha value is -3.07. The average Bonchev–Trinajstić information content (AvgIpc) is 3.59. The molecule has 0 unspecified atom stereocenters. The van der Waals surface area contributed by atoms with Gasteiger partial charge in [0.25, 0.3) is 5.91 Å². The minimum atomic E-state index is -2.97. The van der Waals surface area contributed by atoms with Crippen molar-refractivity contribution in [2.75, 3.05) is 25.2 Å². The number of carbonyl (C=O) groups excluding carboxylic acids is 2. The molecular formula is C22H21ClF2N2O5. The van der Waals surface area contributed by atoms with Crippen molar-refractivity contribution in [3.8, 4) is 17.2 Å². The van der Waals surface area contributed by atoms with Crippen molar-refractivity contribution in [1.29, 1.82) is 0 Å². The third kappa shape index (κ3) is 4.88. The maximum Gasteiger partial charge on any atom is 0.387 e. The third-order valence-electron chi connectivity index (χ3n) is 5.26. The highest BCUT2D eigenvalue weighted by atomic mass is 35.5. The van der Waals surface area contributed by atoms with E-state index in [1.165, 1.54) is 18.1 Å². The molecule has 32 heavy (non-hydrogen) atoms. The highest BCUT2D eigenvalue weighted by Gasteiger charge is 2.35. The molecule has 2 aromatic carbocycles. The van der Waals surface area contributed by atoms with Crippen LogP contribution in [0.3, 0.4) is 0 Å². The fraction of sp³-hybridized carbons (Fsp3) is 0.364. The lowest BCUT2D eigenvalue weighted by Crippen LogP contribution is -2.46. The van der Waals surface area contributed by atoms with Gasteiger partial charge in [-0.3, -0.25) is 14.5 Å². The van der Waals surface area contributed by atoms with Crippen molar-refractivity contribution in [3.05, 3.63) is 47.0 Å². The van der Waals surface area contributed by atoms with Crippen LogP contribution < -0.4 is 19.1 Å². The summed E-state index contributed by atoms with van der Waals surface area (Å²) in [6, 6.07) is 9.53. The highest BCUT2D eigenvalue weighted by Crippen LogP contribution is 2.36. The van der Waals surface area contributed by atoms with E-state index in [2.05, 4.69) is 4.74 Å². The molecule has 4 rings (SSSR count). The Morgan fingerprint density at radius 3 is 2.72 bits per heavy atom. The van der Waals surface area contributed by atoms with E-state index in [4.69, 9.17) is 21.1 Å². The number of anilines is 1. The molecule has 0 saturated heterocycles. The van der Waals surface area contributed by atoms with Gasteiger partial charge in [0.2, 0.25) is 5.91 Å². The quantitative estimate of drug-likeness (QED) is 0.591. The molecule has 10 heteroatoms. The highest BCUT2D eigenvalue weighted by molar-refractivity contribution is 6.31. The first-order valence-corrected chi connectivity index (χ1v) is 10.4. The molecule has 1 heterocycles. The van der Waals surface area contributed by atoms with E-state index < -0.39 is 6.61 Å². The van der Waals surface area contributed by atoms with E-state index in [1.807, 2.05) is 0 Å². The lowest BCUT2D eigenvalue weighted by atomic mass is 10.1. The number of fused-ring (bicyclic) bond motifs is 1. The summed E-state index contributed by atoms with van der Waals surface area (Å²) < 4.78 is 40.2. The predicted molar refractivity (Wildman–Crippen MR) is 112 cm³/mol. The van der Waals surface area contributed by atoms with Crippen molar-refractivity contribution in [2.24, 2.45) is 0 Å². The zero-order chi connectivity index (χ0) is 22.8. The third-order valence-corrected chi connectivity index (χ3v) is 5.50. The van der Waals surface area contributed by atoms with Crippen LogP contribution >= 0.6 is 11.6 Å². The summed E-state index contributed by atoms with van der Waals surface area (Å²) in [5.41, 5.74) is 1.15. The van der Waals surface area contributed by atoms with Gasteiger partial charge in [0, 0.05) is 17.6 Å². The average molecular weight is 467 g/mol. The van der Waals surface area contributed by atoms with E-state index in [0.717, 1.165) is 12.8 Å². The van der Waals surface area contributed by atoms with Gasteiger partial charge in [-0.1, -0.05) is 17.7 Å². The second-order valence-electron chi connectivity index (χ2n) is 7.50. The summed E-state index contributed by atoms with van der Waals surface area (Å²) in [6.07, 6.45) is 1.71. The molecule has 1 fully saturated rings. The van der Waals surface area contributed by atoms with Crippen LogP contribution in [0.5, 0.6) is 17.2 Å². The topological polar surface area (TPSA) is 68.3 Å². The molecule has 170 valence electrons. The second kappa shape index (κ2) is 9.20. The van der Waals surface area contributed by atoms with E-state index in [9.17, 15) is 18.4 Å². The number of amides is 2. The minimum Gasteiger partial charge on any atom is -0.493 e. The van der Waals surface area contributed by atoms with Crippen LogP contribution in [-0.4, -0.2) is 49.6 Å². The summed E-state index contributed by atoms with van der Waals surface area (Å²) in [7, 11) is 1.36. The number of benzene rings is 2. The molecule has 0 radical (unpaired) electrons. The number of halogens is 3. The Kier molecular flexibility index (Phi) is 6.36. The van der Waals surface area contributed by atoms with E-state index in [-0.39, 0.29) is 49.1 Å². The molecular weight excluding hydrogens is 446 g/mol. The van der Waals surface area contributed by atoms with Gasteiger partial charge in [-0.25, -0.2) is 0 Å². The van der Waals surface area contributed by atoms with Gasteiger partial charge in [-0.2, -0.15) is 8.78 Å². The SMILES string of the molecule is COc1cc(CN(C(=O)CN2C(=O)COc3ccc(Cl)cc32)C2CC2)ccc1OC(F)F. The maximum atomic E-state index is 13.2. The van der Waals surface area contributed by atoms with Gasteiger partial charge >= 0.3 is 6.61 Å². The van der Waals surface area contributed by atoms with Crippen LogP contribution in [-0.2, 0) is 16.1 Å². The van der Waals surface area contributed by atoms with Crippen LogP contribution in [0, 0.1) is 0 Å². The molecule has 2 aromatic rings. The first kappa shape index (κ1) is 22.1. The molecule has 0 bridgehead atoms. The monoisotopic (exact) mass is 466 g/mol. The van der Waals surface area contributed by atoms with Crippen LogP contribution in [0.15, 0.2) is 36.4 Å². The number of methoxy groups -OCH3 is 1. The largest absolute Gasteiger partial charge is 0.493 e. The standard InChI is InChI=1S/C22H21ClF2N2O5/c1-30-19-8-13(2-6-18(19)32-22(24)25)10-26(15-4-5-15)20(28)11-27-16-9-14(23)3-7-17(16)31-12-21(27)29/h2-3,6-9,15,22H,4-5,10-12H2,1H3. The van der Waals surface area contributed by atoms with Gasteiger partial charge in [-0.15, -0.1) is 0 Å². The lowest BCUT2D eigenvalue weighted by molar-refractivity contribution is -0.133. The van der Waals surface area contributed by atoms with Gasteiger partial charge in [0.15, 0.2) is 18.1 Å². The number of ether oxygens (including phenoxy) is 3. The normalized spacial score (nSPS) is 15.3. The van der Waals surface area contributed by atoms with E-state index >= 15 is 0 Å². The number of hydrogen-bond donors (Lipinski definition) is 0. The fourth-order valence-corrected chi connectivity index (χ4v) is 3.75. The fourth-order valence-electron chi connectivity index (χ4n) is 3.58. The summed E-state index contributed by atoms with van der Waals surface area (Å²) >= 11 is 6.07. The van der Waals surface area contributed by atoms with Gasteiger partial charge in [0.1, 0.15) is 12.3 Å². The van der Waals surface area contributed by atoms with Crippen molar-refractivity contribution in [1.82, 2.24) is 4.90 Å². The van der Waals surface area contributed by atoms with E-state index in [1.54, 1.807) is 35.2 Å². The molecule has 0 spiro atoms. The molecule has 0 N–H and O–H groups in total. The maximum absolute atomic E-state index is 13.2. The summed E-state index contributed by atoms with van der Waals surface area (Å²) in [6.45, 7) is -3.04. The number of carbonyl (C=O) groups is 2. The molecule has 2 aliphatic rings. The molecule has 1 aliphatic carbocycles. The van der Waals surface area contributed by atoms with Gasteiger partial charge in [0.05, 0.1) is 12.8 Å². The summed E-state index contributed by atoms with van der Waals surface area (Å²) in [5.74, 6) is -0.0143. The smallest absolute Gasteiger partial charge is 0.387 e. The van der Waals surface area contributed by atoms with Crippen LogP contribution in [0.2, 0.25) is 5.02 Å². The van der Waals surface area contributed by atoms with Gasteiger partial charge < -0.3 is 19.1 Å². The molecule has 2 amide bonds. The number of nitrogens with zero attached hydrogens (tertiary/aromatic N) is 2. The zero-order valence-corrected chi connectivity index (χ0v) is 18.0. The first-order valence-electron chi connectivity index (χ1n) is 9.99. The Balaban J connectivity index is 1.52. The van der Waals surface area contributed by atoms with Crippen LogP contribution in [0.1, 0.15) is 18.4 Å². The molecule has 7 nitrogen and oxygen atoms in total. The summed E-state index contributed by atoms with van der Waals surface area (Å²) in [5, 5.41) is 0.428. The second-order valence-corrected chi connectivity index (χ2v) is 7.93. The predicted octanol–water partition coefficient (Wildman–Crippen LogP) is 3.87. The Morgan fingerprint density at radius 1 is 1.25 bits per heavy atom. The molecule has 1 saturated carbocycles. The molecule has 0 atom stereocenters. The van der Waals surface area contributed by atoms with Crippen molar-refractivity contribution >= 4 is 29.1 Å². The van der Waals surface area contributed by atoms with Crippen molar-refractivity contribution < 1.29 is 32.6 Å². The minimum absolute atomic E-state index is 0.0560. The lowest BCUT2D eigenvalue weighted by Gasteiger charge is -2.31. The molecule has 0 aromatic heterocycles. The molecule has 1 aliphatic heterocycles. The Morgan fingerprint density at radius 2 is 2.03 bits per heavy atom. The Bertz CT molecular complexity index is 1030. The zero-order valence-electron chi connectivity index (χ0n) is 17.2. The van der Waals surface area contributed by atoms with Crippen LogP contribution in [0.4, 0.5) is 14.5 Å². The van der Waals surface area contributed by atoms with E-state index in [0.29, 0.717) is 22.0 Å². The Labute approximate surface area is 188 Å². The van der Waals surface area contributed by atoms with Crippen molar-refractivity contribution in [3.63, 3.8) is 0 Å². The summed E-state index contributed by atoms with van der Waals surface area (Å²) in [4.78, 5) is 28.7. The van der Waals surface area contributed by atoms with Gasteiger partial charge in [-0.05, 0) is 48.7 Å². The number of rotatable bonds is 8. The first-order chi connectivity index (χ1) is 15.4. The number of alkyl halides is 2. The number of hydrogen-bond acceptors (Lipinski definition) is 5. The van der Waals surface area contributed by atoms with Crippen LogP contribution in [0.25, 0.3) is 0 Å².